The summed E-state index contributed by atoms with van der Waals surface area (Å²) in [5, 5.41) is 13.7. The normalized spacial score (nSPS) is 10.1. The Bertz CT molecular complexity index is 481. The van der Waals surface area contributed by atoms with Crippen LogP contribution in [0.25, 0.3) is 16.5 Å². The van der Waals surface area contributed by atoms with Crippen LogP contribution in [0, 0.1) is 10.1 Å². The summed E-state index contributed by atoms with van der Waals surface area (Å²) in [5.41, 5.74) is 8.28. The van der Waals surface area contributed by atoms with Crippen LogP contribution >= 0.6 is 11.6 Å². The lowest BCUT2D eigenvalue weighted by Crippen LogP contribution is -1.91. The van der Waals surface area contributed by atoms with Gasteiger partial charge in [-0.2, -0.15) is 0 Å². The minimum absolute atomic E-state index is 0.155. The van der Waals surface area contributed by atoms with Crippen molar-refractivity contribution in [1.29, 1.82) is 0 Å². The summed E-state index contributed by atoms with van der Waals surface area (Å²) in [6.45, 7) is 0.174. The largest absolute Gasteiger partial charge is 0.307 e. The molecule has 1 aromatic rings. The lowest BCUT2D eigenvalue weighted by Gasteiger charge is -1.95. The minimum atomic E-state index is -0.611. The number of azide groups is 1. The fourth-order valence-electron chi connectivity index (χ4n) is 0.944. The van der Waals surface area contributed by atoms with E-state index in [1.807, 2.05) is 0 Å². The molecule has 7 nitrogen and oxygen atoms in total. The zero-order chi connectivity index (χ0) is 12.0. The van der Waals surface area contributed by atoms with Gasteiger partial charge in [0.05, 0.1) is 4.92 Å². The summed E-state index contributed by atoms with van der Waals surface area (Å²) in [6.07, 6.45) is 4.52. The molecule has 0 unspecified atom stereocenters. The van der Waals surface area contributed by atoms with E-state index >= 15 is 0 Å². The summed E-state index contributed by atoms with van der Waals surface area (Å²) in [5.74, 6) is 0. The Kier molecular flexibility index (Phi) is 4.26. The predicted molar refractivity (Wildman–Crippen MR) is 58.9 cm³/mol. The van der Waals surface area contributed by atoms with Gasteiger partial charge in [0.15, 0.2) is 0 Å². The average molecular weight is 240 g/mol. The lowest BCUT2D eigenvalue weighted by molar-refractivity contribution is -0.385. The van der Waals surface area contributed by atoms with Crippen LogP contribution in [-0.4, -0.2) is 16.5 Å². The van der Waals surface area contributed by atoms with E-state index < -0.39 is 4.92 Å². The van der Waals surface area contributed by atoms with Crippen molar-refractivity contribution >= 4 is 23.4 Å². The maximum atomic E-state index is 10.5. The molecule has 0 amide bonds. The molecule has 0 radical (unpaired) electrons. The molecule has 0 bridgehead atoms. The zero-order valence-electron chi connectivity index (χ0n) is 7.95. The van der Waals surface area contributed by atoms with E-state index in [1.54, 1.807) is 12.2 Å². The highest BCUT2D eigenvalue weighted by atomic mass is 35.5. The molecular weight excluding hydrogens is 234 g/mol. The number of hydrogen-bond donors (Lipinski definition) is 0. The van der Waals surface area contributed by atoms with Gasteiger partial charge < -0.3 is 0 Å². The number of aromatic nitrogens is 1. The van der Waals surface area contributed by atoms with Gasteiger partial charge in [0.25, 0.3) is 0 Å². The maximum absolute atomic E-state index is 10.5. The molecule has 0 aliphatic carbocycles. The van der Waals surface area contributed by atoms with E-state index in [0.717, 1.165) is 0 Å². The number of nitrogens with zero attached hydrogens (tertiary/aromatic N) is 5. The van der Waals surface area contributed by atoms with Crippen LogP contribution in [0.5, 0.6) is 0 Å². The predicted octanol–water partition coefficient (Wildman–Crippen LogP) is 2.97. The van der Waals surface area contributed by atoms with Crippen LogP contribution < -0.4 is 0 Å². The molecular formula is C8H6ClN5O2. The molecule has 82 valence electrons. The third kappa shape index (κ3) is 3.23. The van der Waals surface area contributed by atoms with Crippen molar-refractivity contribution < 1.29 is 4.92 Å². The molecule has 0 aliphatic heterocycles. The van der Waals surface area contributed by atoms with Crippen LogP contribution in [0.4, 0.5) is 5.69 Å². The van der Waals surface area contributed by atoms with Crippen LogP contribution in [-0.2, 0) is 0 Å². The first-order valence-electron chi connectivity index (χ1n) is 4.12. The molecule has 0 atom stereocenters. The van der Waals surface area contributed by atoms with Crippen molar-refractivity contribution in [3.63, 3.8) is 0 Å². The monoisotopic (exact) mass is 239 g/mol. The minimum Gasteiger partial charge on any atom is -0.258 e. The van der Waals surface area contributed by atoms with Gasteiger partial charge in [0.2, 0.25) is 5.15 Å². The van der Waals surface area contributed by atoms with E-state index in [1.165, 1.54) is 12.3 Å². The first-order valence-corrected chi connectivity index (χ1v) is 4.50. The van der Waals surface area contributed by atoms with Crippen LogP contribution in [0.1, 0.15) is 5.56 Å². The van der Waals surface area contributed by atoms with Crippen molar-refractivity contribution in [3.8, 4) is 0 Å². The lowest BCUT2D eigenvalue weighted by atomic mass is 10.2. The van der Waals surface area contributed by atoms with Crippen molar-refractivity contribution in [2.75, 3.05) is 6.54 Å². The molecule has 0 spiro atoms. The van der Waals surface area contributed by atoms with Crippen molar-refractivity contribution in [1.82, 2.24) is 4.98 Å². The van der Waals surface area contributed by atoms with Gasteiger partial charge in [-0.25, -0.2) is 4.98 Å². The third-order valence-corrected chi connectivity index (χ3v) is 1.89. The molecule has 0 saturated carbocycles. The van der Waals surface area contributed by atoms with Crippen LogP contribution in [0.3, 0.4) is 0 Å². The summed E-state index contributed by atoms with van der Waals surface area (Å²) in [4.78, 5) is 16.2. The second-order valence-corrected chi connectivity index (χ2v) is 3.01. The highest BCUT2D eigenvalue weighted by Gasteiger charge is 2.12. The standard InChI is InChI=1S/C8H6ClN5O2/c9-8-7(14(15)16)4-6(5-11-8)2-1-3-12-13-10/h1-2,4-5H,3H2. The molecule has 8 heteroatoms. The van der Waals surface area contributed by atoms with Crippen molar-refractivity contribution in [3.05, 3.63) is 49.6 Å². The molecule has 16 heavy (non-hydrogen) atoms. The Balaban J connectivity index is 2.90. The third-order valence-electron chi connectivity index (χ3n) is 1.60. The van der Waals surface area contributed by atoms with Gasteiger partial charge >= 0.3 is 5.69 Å². The number of pyridine rings is 1. The van der Waals surface area contributed by atoms with Gasteiger partial charge in [-0.15, -0.1) is 0 Å². The first kappa shape index (κ1) is 12.0. The fourth-order valence-corrected chi connectivity index (χ4v) is 1.12. The molecule has 0 fully saturated rings. The van der Waals surface area contributed by atoms with Crippen molar-refractivity contribution in [2.24, 2.45) is 5.11 Å². The quantitative estimate of drug-likeness (QED) is 0.201. The zero-order valence-corrected chi connectivity index (χ0v) is 8.70. The topological polar surface area (TPSA) is 105 Å². The molecule has 1 heterocycles. The van der Waals surface area contributed by atoms with Gasteiger partial charge in [-0.3, -0.25) is 10.1 Å². The average Bonchev–Trinajstić information content (AvgIpc) is 2.26. The van der Waals surface area contributed by atoms with Crippen LogP contribution in [0.2, 0.25) is 5.15 Å². The maximum Gasteiger partial charge on any atom is 0.307 e. The molecule has 0 aliphatic rings. The molecule has 0 saturated heterocycles. The molecule has 1 rings (SSSR count). The Morgan fingerprint density at radius 2 is 2.50 bits per heavy atom. The van der Waals surface area contributed by atoms with Gasteiger partial charge in [0, 0.05) is 23.7 Å². The van der Waals surface area contributed by atoms with E-state index in [2.05, 4.69) is 15.0 Å². The van der Waals surface area contributed by atoms with Gasteiger partial charge in [-0.1, -0.05) is 28.9 Å². The summed E-state index contributed by atoms with van der Waals surface area (Å²) >= 11 is 5.53. The highest BCUT2D eigenvalue weighted by Crippen LogP contribution is 2.22. The number of halogens is 1. The Hall–Kier alpha value is -2.11. The van der Waals surface area contributed by atoms with E-state index in [0.29, 0.717) is 5.56 Å². The van der Waals surface area contributed by atoms with E-state index in [4.69, 9.17) is 17.1 Å². The number of nitro groups is 1. The Labute approximate surface area is 95.1 Å². The van der Waals surface area contributed by atoms with E-state index in [9.17, 15) is 10.1 Å². The van der Waals surface area contributed by atoms with Gasteiger partial charge in [0.1, 0.15) is 0 Å². The summed E-state index contributed by atoms with van der Waals surface area (Å²) < 4.78 is 0. The first-order chi connectivity index (χ1) is 7.65. The SMILES string of the molecule is [N-]=[N+]=NCC=Cc1cnc(Cl)c([N+](=O)[O-])c1. The smallest absolute Gasteiger partial charge is 0.258 e. The Morgan fingerprint density at radius 1 is 1.75 bits per heavy atom. The summed E-state index contributed by atoms with van der Waals surface area (Å²) in [6, 6.07) is 1.29. The molecule has 0 aromatic carbocycles. The van der Waals surface area contributed by atoms with Crippen LogP contribution in [0.15, 0.2) is 23.5 Å². The molecule has 0 N–H and O–H groups in total. The Morgan fingerprint density at radius 3 is 3.12 bits per heavy atom. The number of rotatable bonds is 4. The summed E-state index contributed by atoms with van der Waals surface area (Å²) in [7, 11) is 0. The molecule has 1 aromatic heterocycles. The van der Waals surface area contributed by atoms with E-state index in [-0.39, 0.29) is 17.4 Å². The highest BCUT2D eigenvalue weighted by molar-refractivity contribution is 6.31. The van der Waals surface area contributed by atoms with Crippen molar-refractivity contribution in [2.45, 2.75) is 0 Å². The fraction of sp³-hybridized carbons (Fsp3) is 0.125. The number of hydrogen-bond acceptors (Lipinski definition) is 4. The second kappa shape index (κ2) is 5.69. The second-order valence-electron chi connectivity index (χ2n) is 2.65. The van der Waals surface area contributed by atoms with Gasteiger partial charge in [-0.05, 0) is 11.1 Å².